The van der Waals surface area contributed by atoms with Crippen LogP contribution >= 0.6 is 0 Å². The number of carbonyl (C=O) groups excluding carboxylic acids is 2. The quantitative estimate of drug-likeness (QED) is 0.242. The molecule has 1 atom stereocenters. The van der Waals surface area contributed by atoms with Gasteiger partial charge in [0.15, 0.2) is 0 Å². The monoisotopic (exact) mass is 469 g/mol. The van der Waals surface area contributed by atoms with E-state index in [0.717, 1.165) is 23.1 Å². The van der Waals surface area contributed by atoms with E-state index < -0.39 is 17.7 Å². The highest BCUT2D eigenvalue weighted by Gasteiger charge is 2.46. The van der Waals surface area contributed by atoms with Crippen molar-refractivity contribution < 1.29 is 19.4 Å². The van der Waals surface area contributed by atoms with Crippen LogP contribution in [0, 0.1) is 0 Å². The summed E-state index contributed by atoms with van der Waals surface area (Å²) < 4.78 is 5.71. The van der Waals surface area contributed by atoms with E-state index in [1.54, 1.807) is 23.1 Å². The van der Waals surface area contributed by atoms with Crippen LogP contribution in [0.2, 0.25) is 0 Å². The molecule has 3 aromatic carbocycles. The van der Waals surface area contributed by atoms with Crippen molar-refractivity contribution in [3.8, 4) is 5.75 Å². The standard InChI is InChI=1S/C30H31NO4/c1-4-17-35-25-12-8-11-24(18-25)28(32)26-27(23-15-13-22(14-16-23)20(2)3)31(30(34)29(26)33)19-21-9-6-5-7-10-21/h5-16,18,20,27,32H,4,17,19H2,1-3H3. The number of hydrogen-bond donors (Lipinski definition) is 1. The average molecular weight is 470 g/mol. The number of benzene rings is 3. The van der Waals surface area contributed by atoms with Crippen LogP contribution in [-0.2, 0) is 16.1 Å². The van der Waals surface area contributed by atoms with Gasteiger partial charge in [0.25, 0.3) is 11.7 Å². The number of ketones is 1. The van der Waals surface area contributed by atoms with Crippen molar-refractivity contribution in [3.05, 3.63) is 107 Å². The predicted octanol–water partition coefficient (Wildman–Crippen LogP) is 6.22. The number of aliphatic hydroxyl groups excluding tert-OH is 1. The van der Waals surface area contributed by atoms with Gasteiger partial charge in [-0.1, -0.05) is 87.5 Å². The molecule has 0 bridgehead atoms. The van der Waals surface area contributed by atoms with Crippen molar-refractivity contribution >= 4 is 17.4 Å². The molecule has 1 unspecified atom stereocenters. The van der Waals surface area contributed by atoms with Gasteiger partial charge in [-0.05, 0) is 41.2 Å². The van der Waals surface area contributed by atoms with E-state index >= 15 is 0 Å². The fraction of sp³-hybridized carbons (Fsp3) is 0.267. The van der Waals surface area contributed by atoms with Crippen molar-refractivity contribution in [2.45, 2.75) is 45.7 Å². The van der Waals surface area contributed by atoms with Gasteiger partial charge in [-0.15, -0.1) is 0 Å². The minimum atomic E-state index is -0.698. The van der Waals surface area contributed by atoms with Crippen LogP contribution < -0.4 is 4.74 Å². The number of Topliss-reactive ketones (excluding diaryl/α,β-unsaturated/α-hetero) is 1. The fourth-order valence-corrected chi connectivity index (χ4v) is 4.34. The van der Waals surface area contributed by atoms with Crippen LogP contribution in [0.4, 0.5) is 0 Å². The molecular weight excluding hydrogens is 438 g/mol. The Morgan fingerprint density at radius 1 is 0.971 bits per heavy atom. The van der Waals surface area contributed by atoms with E-state index in [-0.39, 0.29) is 17.9 Å². The van der Waals surface area contributed by atoms with Gasteiger partial charge in [0, 0.05) is 12.1 Å². The number of likely N-dealkylation sites (tertiary alicyclic amines) is 1. The second kappa shape index (κ2) is 10.6. The first kappa shape index (κ1) is 24.3. The van der Waals surface area contributed by atoms with Crippen molar-refractivity contribution in [3.63, 3.8) is 0 Å². The molecular formula is C30H31NO4. The Morgan fingerprint density at radius 3 is 2.34 bits per heavy atom. The highest BCUT2D eigenvalue weighted by molar-refractivity contribution is 6.46. The van der Waals surface area contributed by atoms with Crippen LogP contribution in [0.3, 0.4) is 0 Å². The zero-order valence-corrected chi connectivity index (χ0v) is 20.4. The molecule has 4 rings (SSSR count). The third kappa shape index (κ3) is 5.14. The molecule has 1 amide bonds. The van der Waals surface area contributed by atoms with Crippen molar-refractivity contribution in [1.29, 1.82) is 0 Å². The van der Waals surface area contributed by atoms with Crippen LogP contribution in [0.5, 0.6) is 5.75 Å². The van der Waals surface area contributed by atoms with Crippen LogP contribution in [0.15, 0.2) is 84.4 Å². The van der Waals surface area contributed by atoms with Gasteiger partial charge >= 0.3 is 0 Å². The molecule has 0 aliphatic carbocycles. The first-order valence-electron chi connectivity index (χ1n) is 12.1. The van der Waals surface area contributed by atoms with E-state index in [1.165, 1.54) is 0 Å². The molecule has 0 saturated carbocycles. The topological polar surface area (TPSA) is 66.8 Å². The first-order chi connectivity index (χ1) is 16.9. The Morgan fingerprint density at radius 2 is 1.69 bits per heavy atom. The maximum Gasteiger partial charge on any atom is 0.295 e. The van der Waals surface area contributed by atoms with Crippen LogP contribution in [-0.4, -0.2) is 28.3 Å². The molecule has 1 aliphatic rings. The summed E-state index contributed by atoms with van der Waals surface area (Å²) >= 11 is 0. The lowest BCUT2D eigenvalue weighted by Crippen LogP contribution is -2.29. The summed E-state index contributed by atoms with van der Waals surface area (Å²) in [5.41, 5.74) is 3.39. The number of carbonyl (C=O) groups is 2. The predicted molar refractivity (Wildman–Crippen MR) is 137 cm³/mol. The average Bonchev–Trinajstić information content (AvgIpc) is 3.12. The largest absolute Gasteiger partial charge is 0.507 e. The molecule has 5 nitrogen and oxygen atoms in total. The normalized spacial score (nSPS) is 17.3. The molecule has 1 saturated heterocycles. The summed E-state index contributed by atoms with van der Waals surface area (Å²) in [4.78, 5) is 28.1. The minimum Gasteiger partial charge on any atom is -0.507 e. The molecule has 3 aromatic rings. The minimum absolute atomic E-state index is 0.0934. The molecule has 0 spiro atoms. The molecule has 0 radical (unpaired) electrons. The zero-order chi connectivity index (χ0) is 24.9. The molecule has 180 valence electrons. The molecule has 1 fully saturated rings. The molecule has 1 aliphatic heterocycles. The first-order valence-corrected chi connectivity index (χ1v) is 12.1. The fourth-order valence-electron chi connectivity index (χ4n) is 4.34. The lowest BCUT2D eigenvalue weighted by atomic mass is 9.93. The van der Waals surface area contributed by atoms with Gasteiger partial charge in [0.2, 0.25) is 0 Å². The SMILES string of the molecule is CCCOc1cccc(C(O)=C2C(=O)C(=O)N(Cc3ccccc3)C2c2ccc(C(C)C)cc2)c1. The Labute approximate surface area is 206 Å². The van der Waals surface area contributed by atoms with Crippen LogP contribution in [0.1, 0.15) is 61.4 Å². The maximum atomic E-state index is 13.3. The lowest BCUT2D eigenvalue weighted by molar-refractivity contribution is -0.140. The summed E-state index contributed by atoms with van der Waals surface area (Å²) in [7, 11) is 0. The molecule has 5 heteroatoms. The number of nitrogens with zero attached hydrogens (tertiary/aromatic N) is 1. The summed E-state index contributed by atoms with van der Waals surface area (Å²) in [5.74, 6) is -0.542. The van der Waals surface area contributed by atoms with E-state index in [9.17, 15) is 14.7 Å². The second-order valence-electron chi connectivity index (χ2n) is 9.11. The third-order valence-corrected chi connectivity index (χ3v) is 6.23. The number of ether oxygens (including phenoxy) is 1. The van der Waals surface area contributed by atoms with Crippen LogP contribution in [0.25, 0.3) is 5.76 Å². The molecule has 35 heavy (non-hydrogen) atoms. The van der Waals surface area contributed by atoms with E-state index in [0.29, 0.717) is 23.8 Å². The summed E-state index contributed by atoms with van der Waals surface area (Å²) in [6.45, 7) is 7.06. The maximum absolute atomic E-state index is 13.3. The molecule has 1 N–H and O–H groups in total. The third-order valence-electron chi connectivity index (χ3n) is 6.23. The number of hydrogen-bond acceptors (Lipinski definition) is 4. The molecule has 0 aromatic heterocycles. The van der Waals surface area contributed by atoms with Gasteiger partial charge in [0.05, 0.1) is 18.2 Å². The van der Waals surface area contributed by atoms with Gasteiger partial charge in [-0.2, -0.15) is 0 Å². The highest BCUT2D eigenvalue weighted by atomic mass is 16.5. The molecule has 1 heterocycles. The van der Waals surface area contributed by atoms with Crippen molar-refractivity contribution in [2.24, 2.45) is 0 Å². The van der Waals surface area contributed by atoms with Crippen molar-refractivity contribution in [1.82, 2.24) is 4.90 Å². The number of amides is 1. The smallest absolute Gasteiger partial charge is 0.295 e. The summed E-state index contributed by atoms with van der Waals surface area (Å²) in [6, 6.07) is 23.8. The van der Waals surface area contributed by atoms with Gasteiger partial charge in [0.1, 0.15) is 11.5 Å². The summed E-state index contributed by atoms with van der Waals surface area (Å²) in [6.07, 6.45) is 0.854. The Hall–Kier alpha value is -3.86. The van der Waals surface area contributed by atoms with E-state index in [1.807, 2.05) is 67.6 Å². The Bertz CT molecular complexity index is 1230. The lowest BCUT2D eigenvalue weighted by Gasteiger charge is -2.26. The van der Waals surface area contributed by atoms with E-state index in [2.05, 4.69) is 13.8 Å². The van der Waals surface area contributed by atoms with E-state index in [4.69, 9.17) is 4.74 Å². The van der Waals surface area contributed by atoms with Gasteiger partial charge in [-0.25, -0.2) is 0 Å². The van der Waals surface area contributed by atoms with Gasteiger partial charge in [-0.3, -0.25) is 9.59 Å². The zero-order valence-electron chi connectivity index (χ0n) is 20.4. The van der Waals surface area contributed by atoms with Crippen molar-refractivity contribution in [2.75, 3.05) is 6.61 Å². The Kier molecular flexibility index (Phi) is 7.35. The van der Waals surface area contributed by atoms with Gasteiger partial charge < -0.3 is 14.7 Å². The Balaban J connectivity index is 1.82. The number of aliphatic hydroxyl groups is 1. The number of rotatable bonds is 8. The summed E-state index contributed by atoms with van der Waals surface area (Å²) in [5, 5.41) is 11.3. The highest BCUT2D eigenvalue weighted by Crippen LogP contribution is 2.41. The second-order valence-corrected chi connectivity index (χ2v) is 9.11.